The van der Waals surface area contributed by atoms with Crippen LogP contribution in [0.5, 0.6) is 0 Å². The summed E-state index contributed by atoms with van der Waals surface area (Å²) in [5.74, 6) is 0.119. The van der Waals surface area contributed by atoms with Crippen LogP contribution >= 0.6 is 0 Å². The predicted molar refractivity (Wildman–Crippen MR) is 154 cm³/mol. The summed E-state index contributed by atoms with van der Waals surface area (Å²) < 4.78 is 27.1. The van der Waals surface area contributed by atoms with Crippen LogP contribution < -0.4 is 5.32 Å². The lowest BCUT2D eigenvalue weighted by molar-refractivity contribution is 0.0893. The van der Waals surface area contributed by atoms with Crippen LogP contribution in [0.3, 0.4) is 0 Å². The van der Waals surface area contributed by atoms with E-state index in [4.69, 9.17) is 0 Å². The lowest BCUT2D eigenvalue weighted by atomic mass is 9.68. The molecule has 2 aliphatic rings. The third kappa shape index (κ3) is 6.30. The van der Waals surface area contributed by atoms with Crippen molar-refractivity contribution in [1.29, 1.82) is 0 Å². The Morgan fingerprint density at radius 3 is 2.34 bits per heavy atom. The van der Waals surface area contributed by atoms with E-state index in [2.05, 4.69) is 54.3 Å². The highest BCUT2D eigenvalue weighted by Crippen LogP contribution is 2.39. The van der Waals surface area contributed by atoms with E-state index >= 15 is 0 Å². The van der Waals surface area contributed by atoms with Crippen LogP contribution in [0.1, 0.15) is 61.0 Å². The molecule has 2 aromatic rings. The summed E-state index contributed by atoms with van der Waals surface area (Å²) >= 11 is 0. The Balaban J connectivity index is 1.52. The van der Waals surface area contributed by atoms with Gasteiger partial charge in [0, 0.05) is 55.8 Å². The summed E-state index contributed by atoms with van der Waals surface area (Å²) in [4.78, 5) is 18.4. The first-order chi connectivity index (χ1) is 18.2. The molecule has 0 radical (unpaired) electrons. The zero-order valence-corrected chi connectivity index (χ0v) is 24.2. The summed E-state index contributed by atoms with van der Waals surface area (Å²) in [5.41, 5.74) is 2.59. The lowest BCUT2D eigenvalue weighted by Gasteiger charge is -2.45. The molecule has 2 aliphatic heterocycles. The zero-order valence-electron chi connectivity index (χ0n) is 23.4. The summed E-state index contributed by atoms with van der Waals surface area (Å²) in [6.07, 6.45) is 3.09. The average Bonchev–Trinajstić information content (AvgIpc) is 3.38. The Morgan fingerprint density at radius 1 is 1.05 bits per heavy atom. The second kappa shape index (κ2) is 12.3. The van der Waals surface area contributed by atoms with Crippen molar-refractivity contribution >= 4 is 15.9 Å². The number of benzene rings is 2. The minimum absolute atomic E-state index is 0.0622. The Labute approximate surface area is 229 Å². The topological polar surface area (TPSA) is 73.0 Å². The Morgan fingerprint density at radius 2 is 1.71 bits per heavy atom. The molecule has 7 nitrogen and oxygen atoms in total. The predicted octanol–water partition coefficient (Wildman–Crippen LogP) is 3.71. The van der Waals surface area contributed by atoms with E-state index in [0.717, 1.165) is 42.7 Å². The molecule has 8 heteroatoms. The maximum atomic E-state index is 13.7. The van der Waals surface area contributed by atoms with Crippen LogP contribution in [0, 0.1) is 0 Å². The maximum Gasteiger partial charge on any atom is 0.251 e. The number of rotatable bonds is 10. The fourth-order valence-electron chi connectivity index (χ4n) is 6.20. The highest BCUT2D eigenvalue weighted by atomic mass is 32.2. The van der Waals surface area contributed by atoms with Gasteiger partial charge in [0.15, 0.2) is 0 Å². The van der Waals surface area contributed by atoms with Gasteiger partial charge in [-0.15, -0.1) is 0 Å². The molecule has 2 fully saturated rings. The van der Waals surface area contributed by atoms with Crippen molar-refractivity contribution < 1.29 is 13.2 Å². The molecule has 2 atom stereocenters. The fourth-order valence-corrected chi connectivity index (χ4v) is 7.72. The van der Waals surface area contributed by atoms with Gasteiger partial charge in [0.1, 0.15) is 0 Å². The van der Waals surface area contributed by atoms with Crippen LogP contribution in [0.15, 0.2) is 54.6 Å². The lowest BCUT2D eigenvalue weighted by Crippen LogP contribution is -2.55. The first kappa shape index (κ1) is 28.7. The Hall–Kier alpha value is -2.26. The van der Waals surface area contributed by atoms with Gasteiger partial charge in [-0.05, 0) is 63.9 Å². The molecule has 0 aromatic heterocycles. The van der Waals surface area contributed by atoms with Crippen molar-refractivity contribution in [1.82, 2.24) is 19.4 Å². The zero-order chi connectivity index (χ0) is 27.3. The molecular weight excluding hydrogens is 496 g/mol. The number of likely N-dealkylation sites (N-methyl/N-ethyl adjacent to an activating group) is 1. The fraction of sp³-hybridized carbons (Fsp3) is 0.567. The van der Waals surface area contributed by atoms with Crippen molar-refractivity contribution in [2.45, 2.75) is 63.6 Å². The van der Waals surface area contributed by atoms with Gasteiger partial charge in [0.2, 0.25) is 10.0 Å². The molecule has 4 rings (SSSR count). The van der Waals surface area contributed by atoms with Crippen LogP contribution in [-0.4, -0.2) is 86.5 Å². The molecular formula is C30H44N4O3S. The smallest absolute Gasteiger partial charge is 0.251 e. The second-order valence-electron chi connectivity index (χ2n) is 11.2. The van der Waals surface area contributed by atoms with Crippen molar-refractivity contribution in [3.8, 4) is 0 Å². The van der Waals surface area contributed by atoms with Gasteiger partial charge in [0.25, 0.3) is 5.91 Å². The van der Waals surface area contributed by atoms with E-state index in [1.807, 2.05) is 43.3 Å². The minimum atomic E-state index is -3.25. The van der Waals surface area contributed by atoms with E-state index in [0.29, 0.717) is 38.4 Å². The van der Waals surface area contributed by atoms with E-state index in [1.54, 1.807) is 4.31 Å². The molecule has 38 heavy (non-hydrogen) atoms. The van der Waals surface area contributed by atoms with Crippen LogP contribution in [0.2, 0.25) is 0 Å². The molecule has 208 valence electrons. The van der Waals surface area contributed by atoms with Crippen molar-refractivity contribution in [2.75, 3.05) is 46.0 Å². The van der Waals surface area contributed by atoms with Crippen LogP contribution in [-0.2, 0) is 22.0 Å². The highest BCUT2D eigenvalue weighted by Gasteiger charge is 2.43. The van der Waals surface area contributed by atoms with Crippen molar-refractivity contribution in [3.05, 3.63) is 71.3 Å². The van der Waals surface area contributed by atoms with E-state index in [9.17, 15) is 13.2 Å². The van der Waals surface area contributed by atoms with Gasteiger partial charge < -0.3 is 10.2 Å². The number of piperidine rings is 1. The van der Waals surface area contributed by atoms with Gasteiger partial charge >= 0.3 is 0 Å². The van der Waals surface area contributed by atoms with Gasteiger partial charge in [0.05, 0.1) is 5.75 Å². The van der Waals surface area contributed by atoms with E-state index in [-0.39, 0.29) is 23.1 Å². The third-order valence-corrected chi connectivity index (χ3v) is 10.7. The largest absolute Gasteiger partial charge is 0.349 e. The van der Waals surface area contributed by atoms with Crippen LogP contribution in [0.25, 0.3) is 0 Å². The molecule has 0 aliphatic carbocycles. The Bertz CT molecular complexity index is 1180. The number of carbonyl (C=O) groups excluding carboxylic acids is 1. The molecule has 2 saturated heterocycles. The van der Waals surface area contributed by atoms with E-state index in [1.165, 1.54) is 0 Å². The molecule has 0 saturated carbocycles. The standard InChI is InChI=1S/C30H44N4O3S/c1-5-21-38(36,37)34-19-16-30(17-20-34,26-12-7-6-8-13-26)24(2)31-29(35)28-14-10-9-11-25(28)22-33-18-15-27(23-33)32(3)4/h6-14,24,27H,5,15-23H2,1-4H3,(H,31,35)/t24-,27?/m0/s1. The molecule has 2 aromatic carbocycles. The number of sulfonamides is 1. The van der Waals surface area contributed by atoms with Crippen molar-refractivity contribution in [2.24, 2.45) is 0 Å². The summed E-state index contributed by atoms with van der Waals surface area (Å²) in [6.45, 7) is 7.71. The summed E-state index contributed by atoms with van der Waals surface area (Å²) in [7, 11) is 1.01. The average molecular weight is 541 g/mol. The quantitative estimate of drug-likeness (QED) is 0.497. The van der Waals surface area contributed by atoms with Crippen LogP contribution in [0.4, 0.5) is 0 Å². The van der Waals surface area contributed by atoms with Gasteiger partial charge in [-0.1, -0.05) is 55.5 Å². The number of hydrogen-bond donors (Lipinski definition) is 1. The number of nitrogens with zero attached hydrogens (tertiary/aromatic N) is 3. The number of carbonyl (C=O) groups is 1. The molecule has 1 amide bonds. The Kier molecular flexibility index (Phi) is 9.29. The molecule has 0 spiro atoms. The molecule has 0 bridgehead atoms. The summed E-state index contributed by atoms with van der Waals surface area (Å²) in [6, 6.07) is 18.6. The number of nitrogens with one attached hydrogen (secondary N) is 1. The SMILES string of the molecule is CCCS(=O)(=O)N1CCC(c2ccccc2)([C@H](C)NC(=O)c2ccccc2CN2CCC(N(C)C)C2)CC1. The first-order valence-electron chi connectivity index (χ1n) is 14.0. The highest BCUT2D eigenvalue weighted by molar-refractivity contribution is 7.89. The minimum Gasteiger partial charge on any atom is -0.349 e. The van der Waals surface area contributed by atoms with Gasteiger partial charge in [-0.3, -0.25) is 9.69 Å². The monoisotopic (exact) mass is 540 g/mol. The molecule has 1 unspecified atom stereocenters. The first-order valence-corrected chi connectivity index (χ1v) is 15.6. The third-order valence-electron chi connectivity index (χ3n) is 8.63. The molecule has 1 N–H and O–H groups in total. The normalized spacial score (nSPS) is 21.4. The van der Waals surface area contributed by atoms with E-state index < -0.39 is 10.0 Å². The summed E-state index contributed by atoms with van der Waals surface area (Å²) in [5, 5.41) is 3.34. The second-order valence-corrected chi connectivity index (χ2v) is 13.3. The number of likely N-dealkylation sites (tertiary alicyclic amines) is 1. The molecule has 2 heterocycles. The van der Waals surface area contributed by atoms with Gasteiger partial charge in [-0.25, -0.2) is 12.7 Å². The van der Waals surface area contributed by atoms with Gasteiger partial charge in [-0.2, -0.15) is 0 Å². The van der Waals surface area contributed by atoms with Crippen molar-refractivity contribution in [3.63, 3.8) is 0 Å². The maximum absolute atomic E-state index is 13.7. The number of amides is 1. The number of hydrogen-bond acceptors (Lipinski definition) is 5.